The molecule has 6 heteroatoms. The monoisotopic (exact) mass is 294 g/mol. The second-order valence-electron chi connectivity index (χ2n) is 6.11. The molecule has 0 aliphatic carbocycles. The number of hydrogen-bond acceptors (Lipinski definition) is 2. The molecule has 0 saturated carbocycles. The fourth-order valence-electron chi connectivity index (χ4n) is 2.98. The lowest BCUT2D eigenvalue weighted by Crippen LogP contribution is -2.46. The van der Waals surface area contributed by atoms with E-state index in [0.29, 0.717) is 0 Å². The Labute approximate surface area is 129 Å². The van der Waals surface area contributed by atoms with Gasteiger partial charge in [0.25, 0.3) is 0 Å². The highest BCUT2D eigenvalue weighted by Crippen LogP contribution is 2.06. The molecule has 2 aliphatic heterocycles. The first-order valence-corrected chi connectivity index (χ1v) is 8.03. The first-order chi connectivity index (χ1) is 10.1. The summed E-state index contributed by atoms with van der Waals surface area (Å²) < 4.78 is 0. The topological polar surface area (TPSA) is 37.7 Å². The minimum absolute atomic E-state index is 0.855. The summed E-state index contributed by atoms with van der Waals surface area (Å²) in [4.78, 5) is 18.5. The third-order valence-corrected chi connectivity index (χ3v) is 4.16. The number of rotatable bonds is 4. The highest BCUT2D eigenvalue weighted by Gasteiger charge is 2.17. The molecule has 0 aromatic carbocycles. The smallest absolute Gasteiger partial charge is 0.196 e. The Kier molecular flexibility index (Phi) is 5.70. The van der Waals surface area contributed by atoms with Gasteiger partial charge in [-0.3, -0.25) is 9.98 Å². The number of nitrogens with zero attached hydrogens (tertiary/aromatic N) is 6. The minimum atomic E-state index is 0.855. The molecule has 0 spiro atoms. The quantitative estimate of drug-likeness (QED) is 0.713. The fourth-order valence-corrected chi connectivity index (χ4v) is 2.98. The van der Waals surface area contributed by atoms with E-state index in [9.17, 15) is 0 Å². The predicted octanol–water partition coefficient (Wildman–Crippen LogP) is 0.623. The van der Waals surface area contributed by atoms with Crippen molar-refractivity contribution >= 4 is 11.9 Å². The van der Waals surface area contributed by atoms with E-state index in [-0.39, 0.29) is 0 Å². The summed E-state index contributed by atoms with van der Waals surface area (Å²) in [6.07, 6.45) is 3.45. The molecule has 0 amide bonds. The van der Waals surface area contributed by atoms with E-state index in [4.69, 9.17) is 9.98 Å². The van der Waals surface area contributed by atoms with Crippen LogP contribution in [0.5, 0.6) is 0 Å². The van der Waals surface area contributed by atoms with E-state index in [1.807, 2.05) is 0 Å². The van der Waals surface area contributed by atoms with Crippen molar-refractivity contribution in [3.05, 3.63) is 0 Å². The number of aliphatic imine (C=N–C) groups is 2. The molecule has 120 valence electrons. The van der Waals surface area contributed by atoms with Crippen molar-refractivity contribution in [1.29, 1.82) is 0 Å². The second kappa shape index (κ2) is 7.52. The van der Waals surface area contributed by atoms with E-state index in [1.54, 1.807) is 0 Å². The molecule has 0 aromatic heterocycles. The SMILES string of the molecule is CN1CCCN(C)C1=NCCCN=C1N(C)CCCN1C. The number of hydrogen-bond donors (Lipinski definition) is 0. The Bertz CT molecular complexity index is 332. The van der Waals surface area contributed by atoms with Gasteiger partial charge < -0.3 is 19.6 Å². The molecule has 0 N–H and O–H groups in total. The Morgan fingerprint density at radius 3 is 1.33 bits per heavy atom. The van der Waals surface area contributed by atoms with Crippen molar-refractivity contribution < 1.29 is 0 Å². The van der Waals surface area contributed by atoms with Gasteiger partial charge in [-0.05, 0) is 19.3 Å². The lowest BCUT2D eigenvalue weighted by atomic mass is 10.3. The maximum absolute atomic E-state index is 4.74. The Hall–Kier alpha value is -1.46. The third-order valence-electron chi connectivity index (χ3n) is 4.16. The van der Waals surface area contributed by atoms with Gasteiger partial charge in [-0.15, -0.1) is 0 Å². The van der Waals surface area contributed by atoms with Crippen LogP contribution in [0.1, 0.15) is 19.3 Å². The van der Waals surface area contributed by atoms with Crippen LogP contribution in [0.15, 0.2) is 9.98 Å². The summed E-state index contributed by atoms with van der Waals surface area (Å²) in [5, 5.41) is 0. The van der Waals surface area contributed by atoms with E-state index in [2.05, 4.69) is 47.8 Å². The Morgan fingerprint density at radius 1 is 0.667 bits per heavy atom. The first kappa shape index (κ1) is 15.9. The van der Waals surface area contributed by atoms with Crippen molar-refractivity contribution in [3.8, 4) is 0 Å². The van der Waals surface area contributed by atoms with Gasteiger partial charge in [-0.2, -0.15) is 0 Å². The summed E-state index contributed by atoms with van der Waals surface area (Å²) in [6.45, 7) is 6.16. The largest absolute Gasteiger partial charge is 0.346 e. The lowest BCUT2D eigenvalue weighted by Gasteiger charge is -2.34. The molecular weight excluding hydrogens is 264 g/mol. The van der Waals surface area contributed by atoms with Crippen molar-refractivity contribution in [1.82, 2.24) is 19.6 Å². The zero-order valence-electron chi connectivity index (χ0n) is 14.0. The molecular formula is C15H30N6. The second-order valence-corrected chi connectivity index (χ2v) is 6.11. The van der Waals surface area contributed by atoms with Crippen LogP contribution in [0, 0.1) is 0 Å². The average Bonchev–Trinajstić information content (AvgIpc) is 2.44. The zero-order chi connectivity index (χ0) is 15.2. The summed E-state index contributed by atoms with van der Waals surface area (Å²) in [7, 11) is 8.50. The third kappa shape index (κ3) is 4.25. The summed E-state index contributed by atoms with van der Waals surface area (Å²) in [5.74, 6) is 2.25. The molecule has 2 rings (SSSR count). The van der Waals surface area contributed by atoms with Crippen molar-refractivity contribution in [2.75, 3.05) is 67.5 Å². The standard InChI is InChI=1S/C15H30N6/c1-18-10-6-11-19(2)14(18)16-8-5-9-17-15-20(3)12-7-13-21(15)4/h5-13H2,1-4H3. The van der Waals surface area contributed by atoms with Gasteiger partial charge >= 0.3 is 0 Å². The van der Waals surface area contributed by atoms with Crippen molar-refractivity contribution in [2.45, 2.75) is 19.3 Å². The molecule has 0 radical (unpaired) electrons. The van der Waals surface area contributed by atoms with Crippen LogP contribution in [-0.2, 0) is 0 Å². The van der Waals surface area contributed by atoms with Gasteiger partial charge in [0.1, 0.15) is 0 Å². The van der Waals surface area contributed by atoms with E-state index in [1.165, 1.54) is 12.8 Å². The van der Waals surface area contributed by atoms with E-state index >= 15 is 0 Å². The van der Waals surface area contributed by atoms with Crippen LogP contribution >= 0.6 is 0 Å². The lowest BCUT2D eigenvalue weighted by molar-refractivity contribution is 0.315. The molecule has 6 nitrogen and oxygen atoms in total. The van der Waals surface area contributed by atoms with Gasteiger partial charge in [0.2, 0.25) is 0 Å². The fraction of sp³-hybridized carbons (Fsp3) is 0.867. The van der Waals surface area contributed by atoms with Crippen LogP contribution in [-0.4, -0.2) is 99.0 Å². The molecule has 2 saturated heterocycles. The summed E-state index contributed by atoms with van der Waals surface area (Å²) >= 11 is 0. The summed E-state index contributed by atoms with van der Waals surface area (Å²) in [6, 6.07) is 0. The molecule has 21 heavy (non-hydrogen) atoms. The van der Waals surface area contributed by atoms with Gasteiger partial charge in [-0.25, -0.2) is 0 Å². The van der Waals surface area contributed by atoms with Crippen LogP contribution in [0.25, 0.3) is 0 Å². The van der Waals surface area contributed by atoms with Crippen LogP contribution in [0.3, 0.4) is 0 Å². The van der Waals surface area contributed by atoms with Crippen molar-refractivity contribution in [3.63, 3.8) is 0 Å². The maximum Gasteiger partial charge on any atom is 0.196 e. The van der Waals surface area contributed by atoms with Gasteiger partial charge in [-0.1, -0.05) is 0 Å². The minimum Gasteiger partial charge on any atom is -0.346 e. The molecule has 0 aromatic rings. The first-order valence-electron chi connectivity index (χ1n) is 8.03. The predicted molar refractivity (Wildman–Crippen MR) is 89.0 cm³/mol. The van der Waals surface area contributed by atoms with Crippen molar-refractivity contribution in [2.24, 2.45) is 9.98 Å². The highest BCUT2D eigenvalue weighted by molar-refractivity contribution is 5.80. The maximum atomic E-state index is 4.74. The zero-order valence-corrected chi connectivity index (χ0v) is 14.0. The van der Waals surface area contributed by atoms with Crippen LogP contribution < -0.4 is 0 Å². The Morgan fingerprint density at radius 2 is 1.00 bits per heavy atom. The average molecular weight is 294 g/mol. The molecule has 0 bridgehead atoms. The highest BCUT2D eigenvalue weighted by atomic mass is 15.4. The van der Waals surface area contributed by atoms with E-state index < -0.39 is 0 Å². The Balaban J connectivity index is 1.78. The molecule has 2 aliphatic rings. The van der Waals surface area contributed by atoms with Gasteiger partial charge in [0.05, 0.1) is 0 Å². The number of guanidine groups is 2. The van der Waals surface area contributed by atoms with Gasteiger partial charge in [0, 0.05) is 67.5 Å². The summed E-state index contributed by atoms with van der Waals surface area (Å²) in [5.41, 5.74) is 0. The van der Waals surface area contributed by atoms with Crippen LogP contribution in [0.4, 0.5) is 0 Å². The van der Waals surface area contributed by atoms with Crippen LogP contribution in [0.2, 0.25) is 0 Å². The molecule has 2 fully saturated rings. The van der Waals surface area contributed by atoms with Gasteiger partial charge in [0.15, 0.2) is 11.9 Å². The normalized spacial score (nSPS) is 20.2. The molecule has 0 unspecified atom stereocenters. The van der Waals surface area contributed by atoms with E-state index in [0.717, 1.165) is 57.6 Å². The molecule has 0 atom stereocenters. The molecule has 2 heterocycles.